The largest absolute Gasteiger partial charge is 0.496 e. The van der Waals surface area contributed by atoms with Gasteiger partial charge in [-0.25, -0.2) is 0 Å². The molecular formula is C21H27NO4. The van der Waals surface area contributed by atoms with Gasteiger partial charge in [0.05, 0.1) is 25.4 Å². The molecule has 3 atom stereocenters. The van der Waals surface area contributed by atoms with Crippen LogP contribution in [0.15, 0.2) is 48.5 Å². The van der Waals surface area contributed by atoms with Crippen LogP contribution in [0.1, 0.15) is 31.1 Å². The molecule has 2 rings (SSSR count). The van der Waals surface area contributed by atoms with Gasteiger partial charge in [-0.05, 0) is 44.5 Å². The van der Waals surface area contributed by atoms with Gasteiger partial charge in [0.15, 0.2) is 6.10 Å². The molecule has 0 saturated heterocycles. The van der Waals surface area contributed by atoms with Crippen LogP contribution in [0, 0.1) is 6.92 Å². The Balaban J connectivity index is 2.31. The zero-order valence-electron chi connectivity index (χ0n) is 15.8. The van der Waals surface area contributed by atoms with Gasteiger partial charge in [-0.15, -0.1) is 0 Å². The number of ether oxygens (including phenoxy) is 3. The minimum Gasteiger partial charge on any atom is -0.496 e. The Kier molecular flexibility index (Phi) is 6.77. The maximum absolute atomic E-state index is 11.1. The monoisotopic (exact) mass is 357 g/mol. The summed E-state index contributed by atoms with van der Waals surface area (Å²) < 4.78 is 17.6. The average Bonchev–Trinajstić information content (AvgIpc) is 2.65. The SMILES string of the molecule is COc1cc(C)ccc1[C@@H](Oc1ccccc1)[C@H](C)OC[C@@](C)(N)C=O. The normalized spacial score (nSPS) is 15.6. The molecule has 5 nitrogen and oxygen atoms in total. The first-order valence-electron chi connectivity index (χ1n) is 8.59. The van der Waals surface area contributed by atoms with Gasteiger partial charge in [0.1, 0.15) is 17.8 Å². The number of hydrogen-bond acceptors (Lipinski definition) is 5. The van der Waals surface area contributed by atoms with Crippen molar-refractivity contribution in [2.24, 2.45) is 5.73 Å². The van der Waals surface area contributed by atoms with Crippen molar-refractivity contribution in [1.82, 2.24) is 0 Å². The number of methoxy groups -OCH3 is 1. The number of benzene rings is 2. The van der Waals surface area contributed by atoms with E-state index in [4.69, 9.17) is 19.9 Å². The summed E-state index contributed by atoms with van der Waals surface area (Å²) in [6.45, 7) is 5.63. The van der Waals surface area contributed by atoms with E-state index >= 15 is 0 Å². The molecule has 0 aliphatic heterocycles. The van der Waals surface area contributed by atoms with Crippen molar-refractivity contribution in [3.8, 4) is 11.5 Å². The number of rotatable bonds is 9. The van der Waals surface area contributed by atoms with Crippen LogP contribution in [-0.4, -0.2) is 31.6 Å². The lowest BCUT2D eigenvalue weighted by Crippen LogP contribution is -2.44. The summed E-state index contributed by atoms with van der Waals surface area (Å²) in [6.07, 6.45) is -0.0794. The van der Waals surface area contributed by atoms with Crippen LogP contribution in [0.3, 0.4) is 0 Å². The van der Waals surface area contributed by atoms with Crippen LogP contribution in [-0.2, 0) is 9.53 Å². The molecule has 140 valence electrons. The molecule has 0 aliphatic rings. The topological polar surface area (TPSA) is 70.8 Å². The number of aryl methyl sites for hydroxylation is 1. The van der Waals surface area contributed by atoms with E-state index in [-0.39, 0.29) is 12.7 Å². The summed E-state index contributed by atoms with van der Waals surface area (Å²) in [5, 5.41) is 0. The van der Waals surface area contributed by atoms with E-state index in [9.17, 15) is 4.79 Å². The van der Waals surface area contributed by atoms with Gasteiger partial charge in [0.25, 0.3) is 0 Å². The van der Waals surface area contributed by atoms with Crippen molar-refractivity contribution in [1.29, 1.82) is 0 Å². The number of para-hydroxylation sites is 1. The van der Waals surface area contributed by atoms with E-state index in [0.717, 1.165) is 22.6 Å². The highest BCUT2D eigenvalue weighted by Gasteiger charge is 2.28. The van der Waals surface area contributed by atoms with Gasteiger partial charge in [0.2, 0.25) is 0 Å². The lowest BCUT2D eigenvalue weighted by Gasteiger charge is -2.29. The fraction of sp³-hybridized carbons (Fsp3) is 0.381. The predicted molar refractivity (Wildman–Crippen MR) is 102 cm³/mol. The van der Waals surface area contributed by atoms with Crippen molar-refractivity contribution in [3.63, 3.8) is 0 Å². The Morgan fingerprint density at radius 2 is 1.88 bits per heavy atom. The third-order valence-electron chi connectivity index (χ3n) is 4.05. The third-order valence-corrected chi connectivity index (χ3v) is 4.05. The predicted octanol–water partition coefficient (Wildman–Crippen LogP) is 3.45. The number of aldehydes is 1. The smallest absolute Gasteiger partial charge is 0.153 e. The van der Waals surface area contributed by atoms with Crippen LogP contribution in [0.5, 0.6) is 11.5 Å². The second-order valence-electron chi connectivity index (χ2n) is 6.74. The summed E-state index contributed by atoms with van der Waals surface area (Å²) in [4.78, 5) is 11.1. The maximum atomic E-state index is 11.1. The number of nitrogens with two attached hydrogens (primary N) is 1. The lowest BCUT2D eigenvalue weighted by atomic mass is 10.0. The number of carbonyl (C=O) groups is 1. The molecule has 5 heteroatoms. The Labute approximate surface area is 155 Å². The summed E-state index contributed by atoms with van der Waals surface area (Å²) in [5.74, 6) is 1.45. The van der Waals surface area contributed by atoms with Crippen LogP contribution < -0.4 is 15.2 Å². The van der Waals surface area contributed by atoms with E-state index in [1.807, 2.05) is 62.4 Å². The van der Waals surface area contributed by atoms with Crippen LogP contribution in [0.2, 0.25) is 0 Å². The molecule has 26 heavy (non-hydrogen) atoms. The van der Waals surface area contributed by atoms with Crippen LogP contribution in [0.4, 0.5) is 0 Å². The molecule has 0 fully saturated rings. The fourth-order valence-electron chi connectivity index (χ4n) is 2.54. The fourth-order valence-corrected chi connectivity index (χ4v) is 2.54. The van der Waals surface area contributed by atoms with Crippen molar-refractivity contribution < 1.29 is 19.0 Å². The average molecular weight is 357 g/mol. The van der Waals surface area contributed by atoms with E-state index in [1.165, 1.54) is 0 Å². The van der Waals surface area contributed by atoms with Gasteiger partial charge >= 0.3 is 0 Å². The maximum Gasteiger partial charge on any atom is 0.153 e. The Bertz CT molecular complexity index is 715. The second kappa shape index (κ2) is 8.83. The van der Waals surface area contributed by atoms with Crippen molar-refractivity contribution in [3.05, 3.63) is 59.7 Å². The highest BCUT2D eigenvalue weighted by Crippen LogP contribution is 2.33. The summed E-state index contributed by atoms with van der Waals surface area (Å²) >= 11 is 0. The molecule has 0 saturated carbocycles. The van der Waals surface area contributed by atoms with Gasteiger partial charge < -0.3 is 24.7 Å². The summed E-state index contributed by atoms with van der Waals surface area (Å²) in [7, 11) is 1.63. The Morgan fingerprint density at radius 3 is 2.50 bits per heavy atom. The quantitative estimate of drug-likeness (QED) is 0.696. The van der Waals surface area contributed by atoms with E-state index in [1.54, 1.807) is 14.0 Å². The Hall–Kier alpha value is -2.37. The first-order valence-corrected chi connectivity index (χ1v) is 8.59. The molecule has 0 unspecified atom stereocenters. The minimum atomic E-state index is -1.04. The highest BCUT2D eigenvalue weighted by atomic mass is 16.5. The summed E-state index contributed by atoms with van der Waals surface area (Å²) in [5.41, 5.74) is 6.80. The molecule has 2 aromatic rings. The molecule has 0 heterocycles. The molecule has 2 N–H and O–H groups in total. The molecule has 0 bridgehead atoms. The zero-order valence-corrected chi connectivity index (χ0v) is 15.8. The van der Waals surface area contributed by atoms with Crippen molar-refractivity contribution >= 4 is 6.29 Å². The molecule has 0 amide bonds. The van der Waals surface area contributed by atoms with Crippen LogP contribution in [0.25, 0.3) is 0 Å². The standard InChI is InChI=1S/C21H27NO4/c1-15-10-11-18(19(12-15)24-4)20(26-17-8-6-5-7-9-17)16(2)25-14-21(3,22)13-23/h5-13,16,20H,14,22H2,1-4H3/t16-,20-,21-/m0/s1. The van der Waals surface area contributed by atoms with Crippen molar-refractivity contribution in [2.75, 3.05) is 13.7 Å². The first-order chi connectivity index (χ1) is 12.4. The molecule has 2 aromatic carbocycles. The molecule has 0 spiro atoms. The lowest BCUT2D eigenvalue weighted by molar-refractivity contribution is -0.115. The summed E-state index contributed by atoms with van der Waals surface area (Å²) in [6, 6.07) is 15.5. The van der Waals surface area contributed by atoms with Crippen LogP contribution >= 0.6 is 0 Å². The van der Waals surface area contributed by atoms with Gasteiger partial charge in [-0.1, -0.05) is 30.3 Å². The first kappa shape index (κ1) is 19.9. The zero-order chi connectivity index (χ0) is 19.2. The minimum absolute atomic E-state index is 0.0977. The van der Waals surface area contributed by atoms with E-state index < -0.39 is 11.6 Å². The molecule has 0 aromatic heterocycles. The number of hydrogen-bond donors (Lipinski definition) is 1. The third kappa shape index (κ3) is 5.31. The van der Waals surface area contributed by atoms with E-state index in [0.29, 0.717) is 6.29 Å². The molecule has 0 aliphatic carbocycles. The second-order valence-corrected chi connectivity index (χ2v) is 6.74. The van der Waals surface area contributed by atoms with Gasteiger partial charge in [-0.2, -0.15) is 0 Å². The van der Waals surface area contributed by atoms with Gasteiger partial charge in [-0.3, -0.25) is 0 Å². The van der Waals surface area contributed by atoms with Gasteiger partial charge in [0, 0.05) is 5.56 Å². The molecule has 0 radical (unpaired) electrons. The van der Waals surface area contributed by atoms with E-state index in [2.05, 4.69) is 0 Å². The van der Waals surface area contributed by atoms with Crippen molar-refractivity contribution in [2.45, 2.75) is 38.5 Å². The molecular weight excluding hydrogens is 330 g/mol. The number of carbonyl (C=O) groups excluding carboxylic acids is 1. The Morgan fingerprint density at radius 1 is 1.19 bits per heavy atom. The highest BCUT2D eigenvalue weighted by molar-refractivity contribution is 5.63.